The van der Waals surface area contributed by atoms with E-state index in [2.05, 4.69) is 10.6 Å². The van der Waals surface area contributed by atoms with Crippen LogP contribution < -0.4 is 10.6 Å². The molecule has 21 heavy (non-hydrogen) atoms. The van der Waals surface area contributed by atoms with Crippen molar-refractivity contribution < 1.29 is 17.6 Å². The first kappa shape index (κ1) is 15.5. The number of benzene rings is 1. The Balaban J connectivity index is 2.17. The average Bonchev–Trinajstić information content (AvgIpc) is 2.83. The normalized spacial score (nSPS) is 11.1. The van der Waals surface area contributed by atoms with Gasteiger partial charge < -0.3 is 10.6 Å². The van der Waals surface area contributed by atoms with Gasteiger partial charge in [0.2, 0.25) is 0 Å². The zero-order valence-corrected chi connectivity index (χ0v) is 12.7. The van der Waals surface area contributed by atoms with E-state index in [4.69, 9.17) is 0 Å². The van der Waals surface area contributed by atoms with Gasteiger partial charge in [0.1, 0.15) is 5.82 Å². The second-order valence-electron chi connectivity index (χ2n) is 4.46. The average molecular weight is 328 g/mol. The number of sulfone groups is 1. The number of rotatable bonds is 4. The molecule has 0 fully saturated rings. The lowest BCUT2D eigenvalue weighted by molar-refractivity contribution is 0.262. The zero-order valence-electron chi connectivity index (χ0n) is 11.1. The maximum atomic E-state index is 13.2. The highest BCUT2D eigenvalue weighted by molar-refractivity contribution is 7.89. The highest BCUT2D eigenvalue weighted by Crippen LogP contribution is 2.20. The smallest absolute Gasteiger partial charge is 0.307 e. The van der Waals surface area contributed by atoms with Crippen LogP contribution in [-0.2, 0) is 15.6 Å². The first-order chi connectivity index (χ1) is 9.83. The van der Waals surface area contributed by atoms with Crippen LogP contribution in [0.25, 0.3) is 0 Å². The Bertz CT molecular complexity index is 743. The van der Waals surface area contributed by atoms with E-state index < -0.39 is 21.7 Å². The summed E-state index contributed by atoms with van der Waals surface area (Å²) in [5.41, 5.74) is 1.09. The Morgan fingerprint density at radius 2 is 2.05 bits per heavy atom. The molecule has 0 atom stereocenters. The van der Waals surface area contributed by atoms with Crippen molar-refractivity contribution in [3.8, 4) is 0 Å². The Morgan fingerprint density at radius 1 is 1.29 bits per heavy atom. The third-order valence-corrected chi connectivity index (χ3v) is 4.03. The van der Waals surface area contributed by atoms with Crippen LogP contribution in [0.4, 0.5) is 20.6 Å². The minimum Gasteiger partial charge on any atom is -0.307 e. The molecule has 112 valence electrons. The van der Waals surface area contributed by atoms with E-state index in [1.807, 2.05) is 5.38 Å². The molecule has 0 saturated carbocycles. The van der Waals surface area contributed by atoms with Gasteiger partial charge in [0, 0.05) is 17.3 Å². The van der Waals surface area contributed by atoms with Crippen molar-refractivity contribution >= 4 is 38.6 Å². The fraction of sp³-hybridized carbons (Fsp3) is 0.154. The minimum absolute atomic E-state index is 0.206. The first-order valence-corrected chi connectivity index (χ1v) is 8.90. The fourth-order valence-electron chi connectivity index (χ4n) is 1.71. The zero-order chi connectivity index (χ0) is 15.5. The van der Waals surface area contributed by atoms with Crippen LogP contribution >= 0.6 is 11.3 Å². The van der Waals surface area contributed by atoms with E-state index in [0.717, 1.165) is 18.4 Å². The van der Waals surface area contributed by atoms with Gasteiger partial charge in [-0.25, -0.2) is 17.6 Å². The number of hydrogen-bond donors (Lipinski definition) is 2. The molecule has 5 nitrogen and oxygen atoms in total. The van der Waals surface area contributed by atoms with Gasteiger partial charge in [0.05, 0.1) is 11.4 Å². The summed E-state index contributed by atoms with van der Waals surface area (Å²) >= 11 is 1.43. The third kappa shape index (κ3) is 4.83. The number of hydrogen-bond acceptors (Lipinski definition) is 4. The summed E-state index contributed by atoms with van der Waals surface area (Å²) < 4.78 is 36.0. The van der Waals surface area contributed by atoms with Crippen LogP contribution in [0.2, 0.25) is 0 Å². The number of amides is 2. The Kier molecular flexibility index (Phi) is 4.59. The van der Waals surface area contributed by atoms with E-state index >= 15 is 0 Å². The number of nitrogens with one attached hydrogen (secondary N) is 2. The molecule has 8 heteroatoms. The molecule has 2 aromatic rings. The molecule has 2 N–H and O–H groups in total. The summed E-state index contributed by atoms with van der Waals surface area (Å²) in [6.45, 7) is 0. The molecular formula is C13H13FN2O3S2. The maximum Gasteiger partial charge on any atom is 0.323 e. The highest BCUT2D eigenvalue weighted by Gasteiger charge is 2.13. The van der Waals surface area contributed by atoms with Gasteiger partial charge in [-0.15, -0.1) is 0 Å². The van der Waals surface area contributed by atoms with E-state index in [0.29, 0.717) is 5.69 Å². The molecule has 1 heterocycles. The number of carbonyl (C=O) groups is 1. The fourth-order valence-corrected chi connectivity index (χ4v) is 3.10. The number of anilines is 2. The molecule has 0 unspecified atom stereocenters. The molecule has 0 bridgehead atoms. The molecule has 1 aromatic heterocycles. The van der Waals surface area contributed by atoms with Gasteiger partial charge in [-0.2, -0.15) is 11.3 Å². The van der Waals surface area contributed by atoms with Gasteiger partial charge in [0.15, 0.2) is 9.84 Å². The summed E-state index contributed by atoms with van der Waals surface area (Å²) in [5.74, 6) is -0.906. The SMILES string of the molecule is CS(=O)(=O)Cc1cc(F)ccc1NC(=O)Nc1ccsc1. The lowest BCUT2D eigenvalue weighted by atomic mass is 10.2. The number of halogens is 1. The predicted molar refractivity (Wildman–Crippen MR) is 81.9 cm³/mol. The molecule has 0 aliphatic rings. The predicted octanol–water partition coefficient (Wildman–Crippen LogP) is 3.08. The maximum absolute atomic E-state index is 13.2. The minimum atomic E-state index is -3.34. The van der Waals surface area contributed by atoms with Crippen LogP contribution in [0.1, 0.15) is 5.56 Å². The Labute approximate surface area is 125 Å². The van der Waals surface area contributed by atoms with Crippen molar-refractivity contribution in [1.29, 1.82) is 0 Å². The second-order valence-corrected chi connectivity index (χ2v) is 7.38. The number of carbonyl (C=O) groups excluding carboxylic acids is 1. The van der Waals surface area contributed by atoms with Crippen LogP contribution in [0.3, 0.4) is 0 Å². The van der Waals surface area contributed by atoms with Crippen molar-refractivity contribution in [2.45, 2.75) is 5.75 Å². The Hall–Kier alpha value is -1.93. The van der Waals surface area contributed by atoms with Crippen LogP contribution in [-0.4, -0.2) is 20.7 Å². The Morgan fingerprint density at radius 3 is 2.67 bits per heavy atom. The van der Waals surface area contributed by atoms with Crippen LogP contribution in [0.15, 0.2) is 35.0 Å². The summed E-state index contributed by atoms with van der Waals surface area (Å²) in [6, 6.07) is 4.80. The molecule has 0 aliphatic heterocycles. The molecule has 0 aliphatic carbocycles. The molecule has 0 spiro atoms. The third-order valence-electron chi connectivity index (χ3n) is 2.51. The van der Waals surface area contributed by atoms with Crippen molar-refractivity contribution in [1.82, 2.24) is 0 Å². The lowest BCUT2D eigenvalue weighted by Crippen LogP contribution is -2.20. The number of urea groups is 1. The van der Waals surface area contributed by atoms with E-state index in [1.165, 1.54) is 17.4 Å². The standard InChI is InChI=1S/C13H13FN2O3S2/c1-21(18,19)8-9-6-10(14)2-3-12(9)16-13(17)15-11-4-5-20-7-11/h2-7H,8H2,1H3,(H2,15,16,17). The summed E-state index contributed by atoms with van der Waals surface area (Å²) in [7, 11) is -3.34. The lowest BCUT2D eigenvalue weighted by Gasteiger charge is -2.11. The van der Waals surface area contributed by atoms with Gasteiger partial charge in [0.25, 0.3) is 0 Å². The molecule has 0 radical (unpaired) electrons. The van der Waals surface area contributed by atoms with E-state index in [1.54, 1.807) is 11.4 Å². The van der Waals surface area contributed by atoms with Gasteiger partial charge in [-0.05, 0) is 35.2 Å². The van der Waals surface area contributed by atoms with E-state index in [-0.39, 0.29) is 17.0 Å². The van der Waals surface area contributed by atoms with Gasteiger partial charge in [-0.3, -0.25) is 0 Å². The molecule has 2 amide bonds. The van der Waals surface area contributed by atoms with Gasteiger partial charge in [-0.1, -0.05) is 0 Å². The summed E-state index contributed by atoms with van der Waals surface area (Å²) in [5, 5.41) is 8.67. The van der Waals surface area contributed by atoms with E-state index in [9.17, 15) is 17.6 Å². The second kappa shape index (κ2) is 6.23. The largest absolute Gasteiger partial charge is 0.323 e. The van der Waals surface area contributed by atoms with Crippen molar-refractivity contribution in [3.63, 3.8) is 0 Å². The molecule has 0 saturated heterocycles. The van der Waals surface area contributed by atoms with Crippen molar-refractivity contribution in [2.75, 3.05) is 16.9 Å². The van der Waals surface area contributed by atoms with Crippen LogP contribution in [0.5, 0.6) is 0 Å². The quantitative estimate of drug-likeness (QED) is 0.905. The molecular weight excluding hydrogens is 315 g/mol. The summed E-state index contributed by atoms with van der Waals surface area (Å²) in [4.78, 5) is 11.8. The molecule has 1 aromatic carbocycles. The summed E-state index contributed by atoms with van der Waals surface area (Å²) in [6.07, 6.45) is 1.05. The van der Waals surface area contributed by atoms with Crippen molar-refractivity contribution in [3.05, 3.63) is 46.4 Å². The number of thiophene rings is 1. The highest BCUT2D eigenvalue weighted by atomic mass is 32.2. The van der Waals surface area contributed by atoms with Crippen molar-refractivity contribution in [2.24, 2.45) is 0 Å². The topological polar surface area (TPSA) is 75.3 Å². The molecule has 2 rings (SSSR count). The first-order valence-electron chi connectivity index (χ1n) is 5.90. The monoisotopic (exact) mass is 328 g/mol. The van der Waals surface area contributed by atoms with Gasteiger partial charge >= 0.3 is 6.03 Å². The van der Waals surface area contributed by atoms with Crippen LogP contribution in [0, 0.1) is 5.82 Å².